The van der Waals surface area contributed by atoms with Gasteiger partial charge in [0.1, 0.15) is 0 Å². The van der Waals surface area contributed by atoms with Crippen molar-refractivity contribution in [1.82, 2.24) is 20.5 Å². The first-order chi connectivity index (χ1) is 9.63. The van der Waals surface area contributed by atoms with Gasteiger partial charge in [-0.1, -0.05) is 11.6 Å². The molecule has 1 aliphatic rings. The zero-order valence-electron chi connectivity index (χ0n) is 11.0. The minimum absolute atomic E-state index is 0.456. The van der Waals surface area contributed by atoms with Crippen LogP contribution in [0.25, 0.3) is 11.4 Å². The Hall–Kier alpha value is -0.860. The molecule has 0 bridgehead atoms. The summed E-state index contributed by atoms with van der Waals surface area (Å²) in [6.07, 6.45) is 0. The molecule has 7 heteroatoms. The van der Waals surface area contributed by atoms with Crippen LogP contribution in [0.5, 0.6) is 0 Å². The molecule has 106 valence electrons. The van der Waals surface area contributed by atoms with Gasteiger partial charge >= 0.3 is 0 Å². The van der Waals surface area contributed by atoms with Crippen LogP contribution in [-0.4, -0.2) is 40.9 Å². The Kier molecular flexibility index (Phi) is 4.13. The average Bonchev–Trinajstić information content (AvgIpc) is 2.91. The Morgan fingerprint density at radius 1 is 1.45 bits per heavy atom. The lowest BCUT2D eigenvalue weighted by atomic mass is 10.2. The highest BCUT2D eigenvalue weighted by atomic mass is 127. The molecule has 1 saturated heterocycles. The van der Waals surface area contributed by atoms with E-state index < -0.39 is 0 Å². The molecule has 2 heterocycles. The zero-order chi connectivity index (χ0) is 14.1. The van der Waals surface area contributed by atoms with E-state index in [9.17, 15) is 0 Å². The first kappa shape index (κ1) is 14.1. The molecule has 20 heavy (non-hydrogen) atoms. The van der Waals surface area contributed by atoms with E-state index in [1.165, 1.54) is 0 Å². The summed E-state index contributed by atoms with van der Waals surface area (Å²) in [6, 6.07) is 6.22. The summed E-state index contributed by atoms with van der Waals surface area (Å²) < 4.78 is 1.10. The summed E-state index contributed by atoms with van der Waals surface area (Å²) >= 11 is 8.33. The molecular formula is C13H15ClIN5. The number of halogens is 2. The summed E-state index contributed by atoms with van der Waals surface area (Å²) in [5.41, 5.74) is 0.986. The fourth-order valence-corrected chi connectivity index (χ4v) is 3.07. The predicted octanol–water partition coefficient (Wildman–Crippen LogP) is 2.53. The van der Waals surface area contributed by atoms with E-state index in [2.05, 4.69) is 54.9 Å². The molecule has 1 atom stereocenters. The van der Waals surface area contributed by atoms with Gasteiger partial charge in [-0.15, -0.1) is 5.10 Å². The second kappa shape index (κ2) is 5.87. The minimum atomic E-state index is 0.456. The molecule has 0 spiro atoms. The fourth-order valence-electron chi connectivity index (χ4n) is 2.31. The van der Waals surface area contributed by atoms with Gasteiger partial charge in [0.15, 0.2) is 5.82 Å². The number of rotatable bonds is 2. The van der Waals surface area contributed by atoms with Gasteiger partial charge in [-0.2, -0.15) is 4.98 Å². The first-order valence-electron chi connectivity index (χ1n) is 6.49. The monoisotopic (exact) mass is 403 g/mol. The highest BCUT2D eigenvalue weighted by Gasteiger charge is 2.20. The number of anilines is 1. The summed E-state index contributed by atoms with van der Waals surface area (Å²) in [5.74, 6) is 1.52. The van der Waals surface area contributed by atoms with E-state index in [0.717, 1.165) is 40.5 Å². The number of benzene rings is 1. The number of hydrogen-bond donors (Lipinski definition) is 2. The van der Waals surface area contributed by atoms with Crippen LogP contribution in [0.15, 0.2) is 18.2 Å². The fraction of sp³-hybridized carbons (Fsp3) is 0.385. The normalized spacial score (nSPS) is 19.4. The van der Waals surface area contributed by atoms with Crippen LogP contribution in [-0.2, 0) is 0 Å². The van der Waals surface area contributed by atoms with Crippen molar-refractivity contribution in [1.29, 1.82) is 0 Å². The zero-order valence-corrected chi connectivity index (χ0v) is 13.9. The van der Waals surface area contributed by atoms with Crippen molar-refractivity contribution in [2.24, 2.45) is 0 Å². The van der Waals surface area contributed by atoms with Gasteiger partial charge < -0.3 is 10.2 Å². The molecule has 1 fully saturated rings. The molecule has 0 aliphatic carbocycles. The average molecular weight is 404 g/mol. The lowest BCUT2D eigenvalue weighted by Gasteiger charge is -2.30. The summed E-state index contributed by atoms with van der Waals surface area (Å²) in [4.78, 5) is 6.80. The maximum atomic E-state index is 6.06. The third kappa shape index (κ3) is 2.91. The molecule has 1 aromatic carbocycles. The highest BCUT2D eigenvalue weighted by Crippen LogP contribution is 2.26. The van der Waals surface area contributed by atoms with E-state index in [1.54, 1.807) is 0 Å². The molecule has 2 aromatic rings. The van der Waals surface area contributed by atoms with Gasteiger partial charge in [0.2, 0.25) is 5.95 Å². The number of aromatic nitrogens is 3. The second-order valence-electron chi connectivity index (χ2n) is 4.91. The van der Waals surface area contributed by atoms with Crippen molar-refractivity contribution in [3.8, 4) is 11.4 Å². The van der Waals surface area contributed by atoms with E-state index in [0.29, 0.717) is 11.1 Å². The largest absolute Gasteiger partial charge is 0.337 e. The third-order valence-electron chi connectivity index (χ3n) is 3.31. The molecule has 2 N–H and O–H groups in total. The number of H-pyrrole nitrogens is 1. The summed E-state index contributed by atoms with van der Waals surface area (Å²) in [7, 11) is 0. The SMILES string of the molecule is C[C@H]1CN(c2n[nH]c(-c3cc(Cl)ccc3I)n2)CCN1. The number of nitrogens with zero attached hydrogens (tertiary/aromatic N) is 3. The molecule has 1 aliphatic heterocycles. The van der Waals surface area contributed by atoms with Crippen LogP contribution < -0.4 is 10.2 Å². The van der Waals surface area contributed by atoms with Gasteiger partial charge in [-0.05, 0) is 47.7 Å². The van der Waals surface area contributed by atoms with Gasteiger partial charge in [0.05, 0.1) is 0 Å². The molecular weight excluding hydrogens is 389 g/mol. The van der Waals surface area contributed by atoms with E-state index >= 15 is 0 Å². The van der Waals surface area contributed by atoms with Crippen LogP contribution in [0.3, 0.4) is 0 Å². The molecule has 3 rings (SSSR count). The van der Waals surface area contributed by atoms with E-state index in [-0.39, 0.29) is 0 Å². The number of nitrogens with one attached hydrogen (secondary N) is 2. The molecule has 0 radical (unpaired) electrons. The smallest absolute Gasteiger partial charge is 0.245 e. The Labute approximate surface area is 136 Å². The lowest BCUT2D eigenvalue weighted by molar-refractivity contribution is 0.480. The van der Waals surface area contributed by atoms with Crippen molar-refractivity contribution in [2.45, 2.75) is 13.0 Å². The second-order valence-corrected chi connectivity index (χ2v) is 6.51. The van der Waals surface area contributed by atoms with Crippen LogP contribution >= 0.6 is 34.2 Å². The van der Waals surface area contributed by atoms with Crippen LogP contribution in [0, 0.1) is 3.57 Å². The van der Waals surface area contributed by atoms with Crippen molar-refractivity contribution >= 4 is 40.1 Å². The molecule has 5 nitrogen and oxygen atoms in total. The standard InChI is InChI=1S/C13H15ClIN5/c1-8-7-20(5-4-16-8)13-17-12(18-19-13)10-6-9(14)2-3-11(10)15/h2-3,6,8,16H,4-5,7H2,1H3,(H,17,18,19)/t8-/m0/s1. The van der Waals surface area contributed by atoms with Crippen LogP contribution in [0.2, 0.25) is 5.02 Å². The summed E-state index contributed by atoms with van der Waals surface area (Å²) in [5, 5.41) is 11.5. The molecule has 0 unspecified atom stereocenters. The lowest BCUT2D eigenvalue weighted by Crippen LogP contribution is -2.49. The van der Waals surface area contributed by atoms with Crippen LogP contribution in [0.4, 0.5) is 5.95 Å². The maximum absolute atomic E-state index is 6.06. The van der Waals surface area contributed by atoms with Crippen molar-refractivity contribution in [3.63, 3.8) is 0 Å². The topological polar surface area (TPSA) is 56.8 Å². The Balaban J connectivity index is 1.88. The molecule has 0 saturated carbocycles. The Morgan fingerprint density at radius 3 is 3.10 bits per heavy atom. The van der Waals surface area contributed by atoms with Gasteiger partial charge in [-0.3, -0.25) is 5.10 Å². The molecule has 0 amide bonds. The Morgan fingerprint density at radius 2 is 2.30 bits per heavy atom. The predicted molar refractivity (Wildman–Crippen MR) is 89.2 cm³/mol. The number of hydrogen-bond acceptors (Lipinski definition) is 4. The van der Waals surface area contributed by atoms with Gasteiger partial charge in [0, 0.05) is 39.8 Å². The molecule has 1 aromatic heterocycles. The minimum Gasteiger partial charge on any atom is -0.337 e. The number of aromatic amines is 1. The van der Waals surface area contributed by atoms with E-state index in [1.807, 2.05) is 18.2 Å². The van der Waals surface area contributed by atoms with Gasteiger partial charge in [0.25, 0.3) is 0 Å². The van der Waals surface area contributed by atoms with E-state index in [4.69, 9.17) is 11.6 Å². The van der Waals surface area contributed by atoms with Gasteiger partial charge in [-0.25, -0.2) is 0 Å². The van der Waals surface area contributed by atoms with Crippen LogP contribution in [0.1, 0.15) is 6.92 Å². The summed E-state index contributed by atoms with van der Waals surface area (Å²) in [6.45, 7) is 4.97. The van der Waals surface area contributed by atoms with Crippen molar-refractivity contribution in [3.05, 3.63) is 26.8 Å². The quantitative estimate of drug-likeness (QED) is 0.757. The Bertz CT molecular complexity index is 615. The third-order valence-corrected chi connectivity index (χ3v) is 4.48. The highest BCUT2D eigenvalue weighted by molar-refractivity contribution is 14.1. The maximum Gasteiger partial charge on any atom is 0.245 e. The van der Waals surface area contributed by atoms with Crippen molar-refractivity contribution in [2.75, 3.05) is 24.5 Å². The first-order valence-corrected chi connectivity index (χ1v) is 7.95. The number of piperazine rings is 1. The van der Waals surface area contributed by atoms with Crippen molar-refractivity contribution < 1.29 is 0 Å².